The Hall–Kier alpha value is -0.650. The zero-order valence-electron chi connectivity index (χ0n) is 9.59. The average Bonchev–Trinajstić information content (AvgIpc) is 2.22. The van der Waals surface area contributed by atoms with Crippen molar-refractivity contribution in [2.24, 2.45) is 11.1 Å². The van der Waals surface area contributed by atoms with Gasteiger partial charge in [-0.3, -0.25) is 4.79 Å². The molecule has 0 atom stereocenters. The number of nitrogens with two attached hydrogens (primary N) is 1. The Bertz CT molecular complexity index is 412. The van der Waals surface area contributed by atoms with Crippen LogP contribution in [0.3, 0.4) is 0 Å². The van der Waals surface area contributed by atoms with E-state index in [0.29, 0.717) is 4.47 Å². The highest BCUT2D eigenvalue weighted by Crippen LogP contribution is 2.22. The quantitative estimate of drug-likeness (QED) is 0.898. The van der Waals surface area contributed by atoms with Gasteiger partial charge in [-0.05, 0) is 32.0 Å². The van der Waals surface area contributed by atoms with Crippen LogP contribution < -0.4 is 11.1 Å². The summed E-state index contributed by atoms with van der Waals surface area (Å²) in [6.07, 6.45) is 0. The Morgan fingerprint density at radius 3 is 2.59 bits per heavy atom. The van der Waals surface area contributed by atoms with E-state index in [1.54, 1.807) is 19.9 Å². The summed E-state index contributed by atoms with van der Waals surface area (Å²) in [6.45, 7) is 3.62. The van der Waals surface area contributed by atoms with Crippen molar-refractivity contribution in [3.8, 4) is 0 Å². The van der Waals surface area contributed by atoms with Gasteiger partial charge in [0.15, 0.2) is 0 Å². The highest BCUT2D eigenvalue weighted by atomic mass is 79.9. The lowest BCUT2D eigenvalue weighted by Gasteiger charge is -2.21. The van der Waals surface area contributed by atoms with Crippen LogP contribution in [0.5, 0.6) is 0 Å². The van der Waals surface area contributed by atoms with Crippen LogP contribution in [-0.2, 0) is 4.79 Å². The molecular formula is C11H15BrClFN2O. The van der Waals surface area contributed by atoms with Gasteiger partial charge in [0.2, 0.25) is 5.91 Å². The zero-order valence-corrected chi connectivity index (χ0v) is 12.0. The Balaban J connectivity index is 0.00000256. The molecule has 0 bridgehead atoms. The molecule has 0 aliphatic rings. The van der Waals surface area contributed by atoms with Crippen molar-refractivity contribution in [1.29, 1.82) is 0 Å². The van der Waals surface area contributed by atoms with E-state index >= 15 is 0 Å². The molecule has 0 fully saturated rings. The first-order chi connectivity index (χ1) is 7.36. The third kappa shape index (κ3) is 4.26. The van der Waals surface area contributed by atoms with Crippen molar-refractivity contribution in [3.05, 3.63) is 28.5 Å². The van der Waals surface area contributed by atoms with E-state index in [2.05, 4.69) is 21.2 Å². The molecule has 1 aromatic carbocycles. The van der Waals surface area contributed by atoms with Gasteiger partial charge >= 0.3 is 0 Å². The average molecular weight is 326 g/mol. The van der Waals surface area contributed by atoms with E-state index < -0.39 is 11.2 Å². The molecule has 0 spiro atoms. The number of nitrogens with one attached hydrogen (secondary N) is 1. The van der Waals surface area contributed by atoms with Gasteiger partial charge in [0.25, 0.3) is 0 Å². The third-order valence-corrected chi connectivity index (χ3v) is 2.80. The first-order valence-electron chi connectivity index (χ1n) is 4.83. The fraction of sp³-hybridized carbons (Fsp3) is 0.364. The van der Waals surface area contributed by atoms with Gasteiger partial charge in [0.05, 0.1) is 11.1 Å². The number of halogens is 3. The first-order valence-corrected chi connectivity index (χ1v) is 5.62. The molecule has 0 aromatic heterocycles. The van der Waals surface area contributed by atoms with Gasteiger partial charge < -0.3 is 11.1 Å². The summed E-state index contributed by atoms with van der Waals surface area (Å²) >= 11 is 3.14. The predicted octanol–water partition coefficient (Wildman–Crippen LogP) is 2.93. The third-order valence-electron chi connectivity index (χ3n) is 2.30. The summed E-state index contributed by atoms with van der Waals surface area (Å²) < 4.78 is 14.1. The molecule has 6 heteroatoms. The van der Waals surface area contributed by atoms with Gasteiger partial charge in [-0.1, -0.05) is 15.9 Å². The molecule has 0 saturated carbocycles. The second-order valence-corrected chi connectivity index (χ2v) is 5.08. The molecule has 1 aromatic rings. The van der Waals surface area contributed by atoms with Crippen LogP contribution in [0.2, 0.25) is 0 Å². The zero-order chi connectivity index (χ0) is 12.3. The normalized spacial score (nSPS) is 10.6. The molecule has 17 heavy (non-hydrogen) atoms. The lowest BCUT2D eigenvalue weighted by atomic mass is 9.92. The van der Waals surface area contributed by atoms with Crippen LogP contribution in [0, 0.1) is 11.2 Å². The van der Waals surface area contributed by atoms with E-state index in [0.717, 1.165) is 0 Å². The number of amides is 1. The van der Waals surface area contributed by atoms with E-state index in [9.17, 15) is 9.18 Å². The number of hydrogen-bond acceptors (Lipinski definition) is 2. The minimum Gasteiger partial charge on any atom is -0.329 e. The van der Waals surface area contributed by atoms with Gasteiger partial charge in [0.1, 0.15) is 5.82 Å². The summed E-state index contributed by atoms with van der Waals surface area (Å²) in [5, 5.41) is 2.51. The molecule has 0 saturated heterocycles. The standard InChI is InChI=1S/C11H14BrFN2O.ClH/c1-11(2,6-14)10(16)15-9-4-3-7(12)5-8(9)13;/h3-5H,6,14H2,1-2H3,(H,15,16);1H. The topological polar surface area (TPSA) is 55.1 Å². The van der Waals surface area contributed by atoms with Crippen molar-refractivity contribution in [2.75, 3.05) is 11.9 Å². The minimum atomic E-state index is -0.709. The van der Waals surface area contributed by atoms with Gasteiger partial charge in [-0.15, -0.1) is 12.4 Å². The van der Waals surface area contributed by atoms with E-state index in [-0.39, 0.29) is 30.5 Å². The fourth-order valence-corrected chi connectivity index (χ4v) is 1.31. The Labute approximate surface area is 114 Å². The van der Waals surface area contributed by atoms with Crippen LogP contribution in [0.25, 0.3) is 0 Å². The second kappa shape index (κ2) is 6.33. The Kier molecular flexibility index (Phi) is 6.09. The van der Waals surface area contributed by atoms with Crippen LogP contribution in [-0.4, -0.2) is 12.5 Å². The lowest BCUT2D eigenvalue weighted by molar-refractivity contribution is -0.123. The fourth-order valence-electron chi connectivity index (χ4n) is 0.975. The molecule has 0 heterocycles. The van der Waals surface area contributed by atoms with E-state index in [4.69, 9.17) is 5.73 Å². The number of hydrogen-bond donors (Lipinski definition) is 2. The first kappa shape index (κ1) is 16.4. The minimum absolute atomic E-state index is 0. The maximum Gasteiger partial charge on any atom is 0.231 e. The summed E-state index contributed by atoms with van der Waals surface area (Å²) in [5.74, 6) is -0.772. The molecule has 3 nitrogen and oxygen atoms in total. The lowest BCUT2D eigenvalue weighted by Crippen LogP contribution is -2.37. The van der Waals surface area contributed by atoms with Crippen molar-refractivity contribution >= 4 is 39.9 Å². The molecule has 96 valence electrons. The Morgan fingerprint density at radius 1 is 1.53 bits per heavy atom. The van der Waals surface area contributed by atoms with Crippen molar-refractivity contribution in [3.63, 3.8) is 0 Å². The van der Waals surface area contributed by atoms with Crippen LogP contribution in [0.1, 0.15) is 13.8 Å². The largest absolute Gasteiger partial charge is 0.329 e. The number of carbonyl (C=O) groups is 1. The molecule has 0 aliphatic heterocycles. The van der Waals surface area contributed by atoms with Crippen LogP contribution in [0.4, 0.5) is 10.1 Å². The molecule has 1 amide bonds. The van der Waals surface area contributed by atoms with Crippen molar-refractivity contribution < 1.29 is 9.18 Å². The predicted molar refractivity (Wildman–Crippen MR) is 72.8 cm³/mol. The second-order valence-electron chi connectivity index (χ2n) is 4.17. The van der Waals surface area contributed by atoms with Gasteiger partial charge in [0, 0.05) is 11.0 Å². The van der Waals surface area contributed by atoms with Crippen molar-refractivity contribution in [2.45, 2.75) is 13.8 Å². The maximum absolute atomic E-state index is 13.4. The molecular weight excluding hydrogens is 310 g/mol. The van der Waals surface area contributed by atoms with E-state index in [1.165, 1.54) is 12.1 Å². The Morgan fingerprint density at radius 2 is 2.12 bits per heavy atom. The highest BCUT2D eigenvalue weighted by molar-refractivity contribution is 9.10. The SMILES string of the molecule is CC(C)(CN)C(=O)Nc1ccc(Br)cc1F.Cl. The number of rotatable bonds is 3. The summed E-state index contributed by atoms with van der Waals surface area (Å²) in [4.78, 5) is 11.7. The molecule has 0 aliphatic carbocycles. The van der Waals surface area contributed by atoms with Crippen LogP contribution in [0.15, 0.2) is 22.7 Å². The molecule has 3 N–H and O–H groups in total. The van der Waals surface area contributed by atoms with Crippen LogP contribution >= 0.6 is 28.3 Å². The van der Waals surface area contributed by atoms with Gasteiger partial charge in [-0.2, -0.15) is 0 Å². The van der Waals surface area contributed by atoms with Crippen molar-refractivity contribution in [1.82, 2.24) is 0 Å². The summed E-state index contributed by atoms with van der Waals surface area (Å²) in [6, 6.07) is 4.46. The molecule has 0 radical (unpaired) electrons. The summed E-state index contributed by atoms with van der Waals surface area (Å²) in [5.41, 5.74) is 4.91. The summed E-state index contributed by atoms with van der Waals surface area (Å²) in [7, 11) is 0. The maximum atomic E-state index is 13.4. The monoisotopic (exact) mass is 324 g/mol. The number of benzene rings is 1. The van der Waals surface area contributed by atoms with E-state index in [1.807, 2.05) is 0 Å². The smallest absolute Gasteiger partial charge is 0.231 e. The molecule has 0 unspecified atom stereocenters. The highest BCUT2D eigenvalue weighted by Gasteiger charge is 2.26. The van der Waals surface area contributed by atoms with Gasteiger partial charge in [-0.25, -0.2) is 4.39 Å². The molecule has 1 rings (SSSR count). The number of carbonyl (C=O) groups excluding carboxylic acids is 1. The number of anilines is 1.